The zero-order chi connectivity index (χ0) is 13.8. The van der Waals surface area contributed by atoms with Gasteiger partial charge in [-0.2, -0.15) is 0 Å². The van der Waals surface area contributed by atoms with E-state index in [4.69, 9.17) is 4.74 Å². The molecule has 4 nitrogen and oxygen atoms in total. The van der Waals surface area contributed by atoms with Crippen molar-refractivity contribution in [2.24, 2.45) is 5.92 Å². The van der Waals surface area contributed by atoms with Gasteiger partial charge in [-0.15, -0.1) is 0 Å². The molecule has 0 spiro atoms. The summed E-state index contributed by atoms with van der Waals surface area (Å²) in [6.07, 6.45) is 3.70. The van der Waals surface area contributed by atoms with Crippen molar-refractivity contribution < 1.29 is 9.53 Å². The number of hydrogen-bond acceptors (Lipinski definition) is 4. The fraction of sp³-hybridized carbons (Fsp3) is 0.929. The topological polar surface area (TPSA) is 41.6 Å². The van der Waals surface area contributed by atoms with E-state index in [1.165, 1.54) is 26.4 Å². The first kappa shape index (κ1) is 15.4. The summed E-state index contributed by atoms with van der Waals surface area (Å²) in [5.41, 5.74) is -0.603. The fourth-order valence-corrected chi connectivity index (χ4v) is 2.13. The number of ether oxygens (including phenoxy) is 1. The molecule has 0 bridgehead atoms. The first-order chi connectivity index (χ1) is 8.42. The molecule has 1 unspecified atom stereocenters. The average molecular weight is 256 g/mol. The quantitative estimate of drug-likeness (QED) is 0.671. The molecule has 1 fully saturated rings. The number of rotatable bonds is 8. The summed E-state index contributed by atoms with van der Waals surface area (Å²) < 4.78 is 4.90. The second kappa shape index (κ2) is 6.53. The second-order valence-electron chi connectivity index (χ2n) is 5.96. The van der Waals surface area contributed by atoms with Gasteiger partial charge in [-0.25, -0.2) is 0 Å². The smallest absolute Gasteiger partial charge is 0.327 e. The molecule has 18 heavy (non-hydrogen) atoms. The first-order valence-electron chi connectivity index (χ1n) is 6.94. The maximum Gasteiger partial charge on any atom is 0.327 e. The summed E-state index contributed by atoms with van der Waals surface area (Å²) in [5, 5.41) is 3.11. The van der Waals surface area contributed by atoms with Gasteiger partial charge in [0.15, 0.2) is 0 Å². The molecular weight excluding hydrogens is 228 g/mol. The average Bonchev–Trinajstić information content (AvgIpc) is 3.17. The van der Waals surface area contributed by atoms with Crippen LogP contribution in [0.25, 0.3) is 0 Å². The largest absolute Gasteiger partial charge is 0.468 e. The van der Waals surface area contributed by atoms with Crippen LogP contribution in [-0.2, 0) is 9.53 Å². The van der Waals surface area contributed by atoms with Gasteiger partial charge < -0.3 is 10.1 Å². The molecule has 0 aromatic carbocycles. The Bertz CT molecular complexity index is 277. The van der Waals surface area contributed by atoms with Crippen molar-refractivity contribution in [2.45, 2.75) is 51.6 Å². The van der Waals surface area contributed by atoms with Crippen LogP contribution in [0.2, 0.25) is 0 Å². The second-order valence-corrected chi connectivity index (χ2v) is 5.96. The van der Waals surface area contributed by atoms with E-state index in [9.17, 15) is 4.79 Å². The molecule has 1 aliphatic carbocycles. The van der Waals surface area contributed by atoms with Crippen LogP contribution in [0.5, 0.6) is 0 Å². The summed E-state index contributed by atoms with van der Waals surface area (Å²) in [4.78, 5) is 14.3. The van der Waals surface area contributed by atoms with Gasteiger partial charge in [-0.05, 0) is 45.7 Å². The zero-order valence-corrected chi connectivity index (χ0v) is 12.5. The van der Waals surface area contributed by atoms with Crippen molar-refractivity contribution in [3.8, 4) is 0 Å². The van der Waals surface area contributed by atoms with E-state index in [1.54, 1.807) is 0 Å². The van der Waals surface area contributed by atoms with Gasteiger partial charge in [0.05, 0.1) is 7.11 Å². The molecule has 1 aliphatic rings. The Morgan fingerprint density at radius 3 is 2.50 bits per heavy atom. The molecule has 0 aromatic heterocycles. The Morgan fingerprint density at radius 1 is 1.50 bits per heavy atom. The number of carbonyl (C=O) groups is 1. The van der Waals surface area contributed by atoms with Crippen LogP contribution >= 0.6 is 0 Å². The van der Waals surface area contributed by atoms with Crippen LogP contribution in [0.15, 0.2) is 0 Å². The highest BCUT2D eigenvalue weighted by molar-refractivity contribution is 5.80. The van der Waals surface area contributed by atoms with Gasteiger partial charge in [0.2, 0.25) is 0 Å². The van der Waals surface area contributed by atoms with E-state index in [2.05, 4.69) is 24.1 Å². The lowest BCUT2D eigenvalue weighted by Crippen LogP contribution is -2.56. The van der Waals surface area contributed by atoms with Crippen LogP contribution in [0.3, 0.4) is 0 Å². The van der Waals surface area contributed by atoms with Gasteiger partial charge in [-0.3, -0.25) is 9.69 Å². The Kier molecular flexibility index (Phi) is 5.60. The van der Waals surface area contributed by atoms with Crippen LogP contribution in [-0.4, -0.2) is 49.7 Å². The van der Waals surface area contributed by atoms with Crippen LogP contribution in [0.4, 0.5) is 0 Å². The standard InChI is InChI=1S/C14H28N2O2/c1-11(2)8-9-16(12-6-7-12)10-14(3,15-4)13(17)18-5/h11-12,15H,6-10H2,1-5H3. The molecule has 0 heterocycles. The Morgan fingerprint density at radius 2 is 2.11 bits per heavy atom. The van der Waals surface area contributed by atoms with Crippen molar-refractivity contribution in [3.63, 3.8) is 0 Å². The molecule has 106 valence electrons. The number of nitrogens with one attached hydrogen (secondary N) is 1. The Balaban J connectivity index is 2.60. The van der Waals surface area contributed by atoms with Crippen LogP contribution in [0, 0.1) is 5.92 Å². The number of likely N-dealkylation sites (N-methyl/N-ethyl adjacent to an activating group) is 1. The maximum absolute atomic E-state index is 11.9. The Labute approximate surface area is 111 Å². The monoisotopic (exact) mass is 256 g/mol. The highest BCUT2D eigenvalue weighted by Crippen LogP contribution is 2.29. The molecule has 0 radical (unpaired) electrons. The lowest BCUT2D eigenvalue weighted by Gasteiger charge is -2.33. The van der Waals surface area contributed by atoms with Crippen molar-refractivity contribution in [1.29, 1.82) is 0 Å². The van der Waals surface area contributed by atoms with Gasteiger partial charge >= 0.3 is 5.97 Å². The maximum atomic E-state index is 11.9. The van der Waals surface area contributed by atoms with Crippen molar-refractivity contribution in [1.82, 2.24) is 10.2 Å². The van der Waals surface area contributed by atoms with E-state index < -0.39 is 5.54 Å². The lowest BCUT2D eigenvalue weighted by molar-refractivity contribution is -0.148. The van der Waals surface area contributed by atoms with Gasteiger partial charge in [0, 0.05) is 12.6 Å². The minimum atomic E-state index is -0.603. The van der Waals surface area contributed by atoms with E-state index in [0.717, 1.165) is 13.1 Å². The molecule has 0 saturated heterocycles. The fourth-order valence-electron chi connectivity index (χ4n) is 2.13. The summed E-state index contributed by atoms with van der Waals surface area (Å²) in [6.45, 7) is 8.19. The molecule has 0 aromatic rings. The van der Waals surface area contributed by atoms with E-state index in [0.29, 0.717) is 12.0 Å². The Hall–Kier alpha value is -0.610. The third-order valence-electron chi connectivity index (χ3n) is 3.76. The van der Waals surface area contributed by atoms with E-state index in [-0.39, 0.29) is 5.97 Å². The molecule has 0 amide bonds. The number of nitrogens with zero attached hydrogens (tertiary/aromatic N) is 1. The van der Waals surface area contributed by atoms with Gasteiger partial charge in [-0.1, -0.05) is 13.8 Å². The molecule has 0 aliphatic heterocycles. The number of carbonyl (C=O) groups excluding carboxylic acids is 1. The summed E-state index contributed by atoms with van der Waals surface area (Å²) in [5.74, 6) is 0.519. The summed E-state index contributed by atoms with van der Waals surface area (Å²) in [6, 6.07) is 0.668. The van der Waals surface area contributed by atoms with E-state index >= 15 is 0 Å². The molecule has 4 heteroatoms. The molecular formula is C14H28N2O2. The number of esters is 1. The van der Waals surface area contributed by atoms with Crippen LogP contribution in [0.1, 0.15) is 40.0 Å². The van der Waals surface area contributed by atoms with Crippen molar-refractivity contribution in [3.05, 3.63) is 0 Å². The first-order valence-corrected chi connectivity index (χ1v) is 6.94. The third-order valence-corrected chi connectivity index (χ3v) is 3.76. The number of methoxy groups -OCH3 is 1. The molecule has 1 N–H and O–H groups in total. The highest BCUT2D eigenvalue weighted by Gasteiger charge is 2.39. The minimum Gasteiger partial charge on any atom is -0.468 e. The number of hydrogen-bond donors (Lipinski definition) is 1. The minimum absolute atomic E-state index is 0.180. The lowest BCUT2D eigenvalue weighted by atomic mass is 10.0. The van der Waals surface area contributed by atoms with Crippen molar-refractivity contribution >= 4 is 5.97 Å². The van der Waals surface area contributed by atoms with E-state index in [1.807, 2.05) is 14.0 Å². The molecule has 1 rings (SSSR count). The van der Waals surface area contributed by atoms with Gasteiger partial charge in [0.25, 0.3) is 0 Å². The molecule has 1 atom stereocenters. The SMILES string of the molecule is CNC(C)(CN(CCC(C)C)C1CC1)C(=O)OC. The van der Waals surface area contributed by atoms with Gasteiger partial charge in [0.1, 0.15) is 5.54 Å². The normalized spacial score (nSPS) is 19.1. The summed E-state index contributed by atoms with van der Waals surface area (Å²) in [7, 11) is 3.28. The third kappa shape index (κ3) is 4.25. The van der Waals surface area contributed by atoms with Crippen LogP contribution < -0.4 is 5.32 Å². The highest BCUT2D eigenvalue weighted by atomic mass is 16.5. The predicted octanol–water partition coefficient (Wildman–Crippen LogP) is 1.65. The van der Waals surface area contributed by atoms with Crippen molar-refractivity contribution in [2.75, 3.05) is 27.2 Å². The molecule has 1 saturated carbocycles. The predicted molar refractivity (Wildman–Crippen MR) is 73.5 cm³/mol. The summed E-state index contributed by atoms with van der Waals surface area (Å²) >= 11 is 0. The zero-order valence-electron chi connectivity index (χ0n) is 12.5.